The molecule has 0 spiro atoms. The smallest absolute Gasteiger partial charge is 0.105 e. The second kappa shape index (κ2) is 4.53. The molecule has 4 heteroatoms. The Balaban J connectivity index is 2.14. The Morgan fingerprint density at radius 3 is 2.94 bits per heavy atom. The molecule has 0 aliphatic rings. The van der Waals surface area contributed by atoms with Gasteiger partial charge in [0.25, 0.3) is 0 Å². The third-order valence-corrected chi connectivity index (χ3v) is 2.71. The zero-order valence-electron chi connectivity index (χ0n) is 9.63. The maximum atomic E-state index is 5.89. The average molecular weight is 219 g/mol. The fourth-order valence-corrected chi connectivity index (χ4v) is 1.85. The first-order valence-electron chi connectivity index (χ1n) is 5.48. The highest BCUT2D eigenvalue weighted by Gasteiger charge is 2.13. The Morgan fingerprint density at radius 2 is 2.31 bits per heavy atom. The molecule has 0 bridgehead atoms. The van der Waals surface area contributed by atoms with Gasteiger partial charge in [0.2, 0.25) is 0 Å². The van der Waals surface area contributed by atoms with E-state index in [1.807, 2.05) is 31.6 Å². The van der Waals surface area contributed by atoms with Crippen molar-refractivity contribution in [3.63, 3.8) is 0 Å². The van der Waals surface area contributed by atoms with Crippen LogP contribution in [0.15, 0.2) is 35.3 Å². The fraction of sp³-hybridized carbons (Fsp3) is 0.417. The minimum Gasteiger partial charge on any atom is -0.469 e. The molecule has 2 N–H and O–H groups in total. The Bertz CT molecular complexity index is 431. The highest BCUT2D eigenvalue weighted by atomic mass is 16.3. The molecular formula is C12H17N3O. The maximum Gasteiger partial charge on any atom is 0.105 e. The van der Waals surface area contributed by atoms with Gasteiger partial charge in [-0.3, -0.25) is 0 Å². The standard InChI is InChI=1S/C12H17N3O/c1-9(6-11-4-3-5-16-11)15-8-14-7-12(15)10(2)13/h3-5,7-10H,6,13H2,1-2H3. The number of nitrogens with zero attached hydrogens (tertiary/aromatic N) is 2. The summed E-state index contributed by atoms with van der Waals surface area (Å²) in [5.41, 5.74) is 6.94. The Hall–Kier alpha value is -1.55. The second-order valence-corrected chi connectivity index (χ2v) is 4.15. The molecule has 0 amide bonds. The van der Waals surface area contributed by atoms with Gasteiger partial charge in [0.1, 0.15) is 5.76 Å². The van der Waals surface area contributed by atoms with Gasteiger partial charge in [-0.15, -0.1) is 0 Å². The summed E-state index contributed by atoms with van der Waals surface area (Å²) in [4.78, 5) is 4.15. The summed E-state index contributed by atoms with van der Waals surface area (Å²) in [5, 5.41) is 0. The predicted octanol–water partition coefficient (Wildman–Crippen LogP) is 2.30. The van der Waals surface area contributed by atoms with Gasteiger partial charge in [0, 0.05) is 24.7 Å². The van der Waals surface area contributed by atoms with Gasteiger partial charge >= 0.3 is 0 Å². The van der Waals surface area contributed by atoms with Crippen LogP contribution >= 0.6 is 0 Å². The van der Waals surface area contributed by atoms with E-state index in [4.69, 9.17) is 10.2 Å². The van der Waals surface area contributed by atoms with E-state index in [9.17, 15) is 0 Å². The van der Waals surface area contributed by atoms with Gasteiger partial charge in [-0.25, -0.2) is 4.98 Å². The summed E-state index contributed by atoms with van der Waals surface area (Å²) in [6.07, 6.45) is 6.20. The summed E-state index contributed by atoms with van der Waals surface area (Å²) in [5.74, 6) is 0.983. The third-order valence-electron chi connectivity index (χ3n) is 2.71. The predicted molar refractivity (Wildman–Crippen MR) is 62.0 cm³/mol. The van der Waals surface area contributed by atoms with E-state index < -0.39 is 0 Å². The number of nitrogens with two attached hydrogens (primary N) is 1. The molecule has 2 heterocycles. The highest BCUT2D eigenvalue weighted by Crippen LogP contribution is 2.19. The molecule has 4 nitrogen and oxygen atoms in total. The number of rotatable bonds is 4. The van der Waals surface area contributed by atoms with Crippen molar-refractivity contribution in [2.75, 3.05) is 0 Å². The van der Waals surface area contributed by atoms with Crippen LogP contribution in [0.4, 0.5) is 0 Å². The van der Waals surface area contributed by atoms with Gasteiger partial charge in [0.15, 0.2) is 0 Å². The van der Waals surface area contributed by atoms with Crippen molar-refractivity contribution in [2.24, 2.45) is 5.73 Å². The monoisotopic (exact) mass is 219 g/mol. The normalized spacial score (nSPS) is 14.9. The van der Waals surface area contributed by atoms with Gasteiger partial charge in [-0.1, -0.05) is 0 Å². The highest BCUT2D eigenvalue weighted by molar-refractivity contribution is 5.07. The first-order chi connectivity index (χ1) is 7.68. The molecule has 0 saturated carbocycles. The second-order valence-electron chi connectivity index (χ2n) is 4.15. The van der Waals surface area contributed by atoms with Crippen LogP contribution in [0.2, 0.25) is 0 Å². The zero-order valence-corrected chi connectivity index (χ0v) is 9.63. The molecule has 0 aromatic carbocycles. The quantitative estimate of drug-likeness (QED) is 0.858. The summed E-state index contributed by atoms with van der Waals surface area (Å²) in [7, 11) is 0. The number of aromatic nitrogens is 2. The largest absolute Gasteiger partial charge is 0.469 e. The molecule has 0 aliphatic carbocycles. The Kier molecular flexibility index (Phi) is 3.10. The molecule has 0 saturated heterocycles. The van der Waals surface area contributed by atoms with Crippen LogP contribution in [-0.2, 0) is 6.42 Å². The molecule has 2 aromatic heterocycles. The van der Waals surface area contributed by atoms with E-state index in [-0.39, 0.29) is 6.04 Å². The average Bonchev–Trinajstić information content (AvgIpc) is 2.86. The van der Waals surface area contributed by atoms with Crippen molar-refractivity contribution in [1.29, 1.82) is 0 Å². The van der Waals surface area contributed by atoms with Crippen molar-refractivity contribution in [3.05, 3.63) is 42.4 Å². The van der Waals surface area contributed by atoms with Crippen LogP contribution < -0.4 is 5.73 Å². The molecule has 0 aliphatic heterocycles. The fourth-order valence-electron chi connectivity index (χ4n) is 1.85. The van der Waals surface area contributed by atoms with Crippen molar-refractivity contribution >= 4 is 0 Å². The van der Waals surface area contributed by atoms with Crippen LogP contribution in [0.3, 0.4) is 0 Å². The van der Waals surface area contributed by atoms with Crippen molar-refractivity contribution in [3.8, 4) is 0 Å². The van der Waals surface area contributed by atoms with Crippen LogP contribution in [0.5, 0.6) is 0 Å². The molecule has 0 fully saturated rings. The lowest BCUT2D eigenvalue weighted by Crippen LogP contribution is -2.16. The molecule has 86 valence electrons. The minimum atomic E-state index is 0.00144. The van der Waals surface area contributed by atoms with Gasteiger partial charge in [-0.2, -0.15) is 0 Å². The van der Waals surface area contributed by atoms with Crippen molar-refractivity contribution in [1.82, 2.24) is 9.55 Å². The third kappa shape index (κ3) is 2.17. The molecule has 0 radical (unpaired) electrons. The number of furan rings is 1. The molecular weight excluding hydrogens is 202 g/mol. The number of hydrogen-bond acceptors (Lipinski definition) is 3. The van der Waals surface area contributed by atoms with E-state index in [2.05, 4.69) is 16.5 Å². The summed E-state index contributed by atoms with van der Waals surface area (Å²) in [6.45, 7) is 4.10. The Labute approximate surface area is 95.1 Å². The van der Waals surface area contributed by atoms with Gasteiger partial charge in [0.05, 0.1) is 18.3 Å². The van der Waals surface area contributed by atoms with E-state index in [0.717, 1.165) is 17.9 Å². The van der Waals surface area contributed by atoms with Crippen molar-refractivity contribution in [2.45, 2.75) is 32.4 Å². The van der Waals surface area contributed by atoms with Gasteiger partial charge in [-0.05, 0) is 26.0 Å². The lowest BCUT2D eigenvalue weighted by atomic mass is 10.1. The van der Waals surface area contributed by atoms with E-state index in [1.54, 1.807) is 6.26 Å². The molecule has 16 heavy (non-hydrogen) atoms. The first-order valence-corrected chi connectivity index (χ1v) is 5.48. The molecule has 2 rings (SSSR count). The number of hydrogen-bond donors (Lipinski definition) is 1. The van der Waals surface area contributed by atoms with Crippen LogP contribution in [0.1, 0.15) is 37.4 Å². The zero-order chi connectivity index (χ0) is 11.5. The molecule has 2 atom stereocenters. The van der Waals surface area contributed by atoms with Crippen LogP contribution in [0, 0.1) is 0 Å². The molecule has 2 aromatic rings. The molecule has 2 unspecified atom stereocenters. The minimum absolute atomic E-state index is 0.00144. The maximum absolute atomic E-state index is 5.89. The SMILES string of the molecule is CC(N)c1cncn1C(C)Cc1ccco1. The van der Waals surface area contributed by atoms with E-state index in [0.29, 0.717) is 6.04 Å². The summed E-state index contributed by atoms with van der Waals surface area (Å²) < 4.78 is 7.44. The summed E-state index contributed by atoms with van der Waals surface area (Å²) in [6, 6.07) is 4.19. The summed E-state index contributed by atoms with van der Waals surface area (Å²) >= 11 is 0. The number of imidazole rings is 1. The van der Waals surface area contributed by atoms with Crippen LogP contribution in [-0.4, -0.2) is 9.55 Å². The van der Waals surface area contributed by atoms with Crippen molar-refractivity contribution < 1.29 is 4.42 Å². The van der Waals surface area contributed by atoms with E-state index >= 15 is 0 Å². The van der Waals surface area contributed by atoms with Crippen LogP contribution in [0.25, 0.3) is 0 Å². The van der Waals surface area contributed by atoms with Gasteiger partial charge < -0.3 is 14.7 Å². The lowest BCUT2D eigenvalue weighted by Gasteiger charge is -2.17. The Morgan fingerprint density at radius 1 is 1.50 bits per heavy atom. The first kappa shape index (κ1) is 11.0. The lowest BCUT2D eigenvalue weighted by molar-refractivity contribution is 0.438. The van der Waals surface area contributed by atoms with E-state index in [1.165, 1.54) is 0 Å². The topological polar surface area (TPSA) is 57.0 Å².